The number of piperidine rings is 1. The van der Waals surface area contributed by atoms with E-state index in [-0.39, 0.29) is 22.8 Å². The van der Waals surface area contributed by atoms with E-state index >= 15 is 0 Å². The van der Waals surface area contributed by atoms with Gasteiger partial charge in [0.25, 0.3) is 0 Å². The lowest BCUT2D eigenvalue weighted by atomic mass is 10.1. The van der Waals surface area contributed by atoms with Crippen molar-refractivity contribution in [3.8, 4) is 0 Å². The zero-order valence-electron chi connectivity index (χ0n) is 15.1. The minimum Gasteiger partial charge on any atom is -0.454 e. The Morgan fingerprint density at radius 3 is 2.29 bits per heavy atom. The molecule has 8 heteroatoms. The molecule has 1 aliphatic heterocycles. The number of rotatable bonds is 6. The average molecular weight is 466 g/mol. The summed E-state index contributed by atoms with van der Waals surface area (Å²) in [6.45, 7) is 0.650. The summed E-state index contributed by atoms with van der Waals surface area (Å²) in [6, 6.07) is 12.4. The van der Waals surface area contributed by atoms with Crippen molar-refractivity contribution in [2.24, 2.45) is 0 Å². The molecule has 3 rings (SSSR count). The van der Waals surface area contributed by atoms with Gasteiger partial charge in [0.1, 0.15) is 0 Å². The number of sulfonamides is 1. The van der Waals surface area contributed by atoms with Gasteiger partial charge in [0, 0.05) is 23.1 Å². The fourth-order valence-corrected chi connectivity index (χ4v) is 4.89. The highest BCUT2D eigenvalue weighted by atomic mass is 79.9. The van der Waals surface area contributed by atoms with Crippen LogP contribution in [-0.2, 0) is 14.8 Å². The number of carbonyl (C=O) groups excluding carboxylic acids is 2. The Kier molecular flexibility index (Phi) is 6.64. The van der Waals surface area contributed by atoms with E-state index in [1.54, 1.807) is 24.3 Å². The van der Waals surface area contributed by atoms with Crippen LogP contribution in [0.4, 0.5) is 0 Å². The second-order valence-electron chi connectivity index (χ2n) is 6.50. The third-order valence-corrected chi connectivity index (χ3v) is 6.93. The zero-order chi connectivity index (χ0) is 20.1. The van der Waals surface area contributed by atoms with Gasteiger partial charge in [-0.15, -0.1) is 0 Å². The second-order valence-corrected chi connectivity index (χ2v) is 9.35. The first-order chi connectivity index (χ1) is 13.4. The number of halogens is 1. The lowest BCUT2D eigenvalue weighted by molar-refractivity contribution is 0.0474. The lowest BCUT2D eigenvalue weighted by Crippen LogP contribution is -2.35. The summed E-state index contributed by atoms with van der Waals surface area (Å²) in [5, 5.41) is 0. The van der Waals surface area contributed by atoms with Gasteiger partial charge in [0.2, 0.25) is 10.0 Å². The van der Waals surface area contributed by atoms with Crippen LogP contribution in [0.15, 0.2) is 57.9 Å². The standard InChI is InChI=1S/C20H20BrNO5S/c21-17-6-4-5-16(13-17)19(23)14-27-20(24)15-7-9-18(10-8-15)28(25,26)22-11-2-1-3-12-22/h4-10,13H,1-3,11-12,14H2. The minimum atomic E-state index is -3.55. The number of nitrogens with zero attached hydrogens (tertiary/aromatic N) is 1. The van der Waals surface area contributed by atoms with Crippen LogP contribution >= 0.6 is 15.9 Å². The lowest BCUT2D eigenvalue weighted by Gasteiger charge is -2.25. The van der Waals surface area contributed by atoms with Gasteiger partial charge in [0.05, 0.1) is 10.5 Å². The highest BCUT2D eigenvalue weighted by Gasteiger charge is 2.26. The van der Waals surface area contributed by atoms with Gasteiger partial charge in [-0.2, -0.15) is 4.31 Å². The van der Waals surface area contributed by atoms with Crippen LogP contribution in [-0.4, -0.2) is 44.2 Å². The Labute approximate surface area is 172 Å². The largest absolute Gasteiger partial charge is 0.454 e. The molecular formula is C20H20BrNO5S. The quantitative estimate of drug-likeness (QED) is 0.480. The topological polar surface area (TPSA) is 80.8 Å². The molecule has 0 aromatic heterocycles. The summed E-state index contributed by atoms with van der Waals surface area (Å²) >= 11 is 3.29. The Morgan fingerprint density at radius 1 is 0.964 bits per heavy atom. The maximum absolute atomic E-state index is 12.6. The molecular weight excluding hydrogens is 446 g/mol. The highest BCUT2D eigenvalue weighted by molar-refractivity contribution is 9.10. The Balaban J connectivity index is 1.63. The van der Waals surface area contributed by atoms with Crippen LogP contribution in [0.2, 0.25) is 0 Å². The van der Waals surface area contributed by atoms with E-state index in [0.717, 1.165) is 23.7 Å². The van der Waals surface area contributed by atoms with Crippen LogP contribution in [0.5, 0.6) is 0 Å². The third-order valence-electron chi connectivity index (χ3n) is 4.52. The first-order valence-electron chi connectivity index (χ1n) is 8.94. The van der Waals surface area contributed by atoms with Crippen molar-refractivity contribution in [3.63, 3.8) is 0 Å². The number of hydrogen-bond acceptors (Lipinski definition) is 5. The molecule has 2 aromatic rings. The average Bonchev–Trinajstić information content (AvgIpc) is 2.72. The molecule has 148 valence electrons. The van der Waals surface area contributed by atoms with Crippen molar-refractivity contribution in [2.75, 3.05) is 19.7 Å². The van der Waals surface area contributed by atoms with E-state index in [2.05, 4.69) is 15.9 Å². The van der Waals surface area contributed by atoms with E-state index in [4.69, 9.17) is 4.74 Å². The van der Waals surface area contributed by atoms with Crippen molar-refractivity contribution in [1.82, 2.24) is 4.31 Å². The zero-order valence-corrected chi connectivity index (χ0v) is 17.5. The van der Waals surface area contributed by atoms with Crippen molar-refractivity contribution in [3.05, 3.63) is 64.1 Å². The Bertz CT molecular complexity index is 966. The smallest absolute Gasteiger partial charge is 0.338 e. The summed E-state index contributed by atoms with van der Waals surface area (Å²) in [4.78, 5) is 24.4. The van der Waals surface area contributed by atoms with Gasteiger partial charge in [-0.05, 0) is 49.2 Å². The number of ether oxygens (including phenoxy) is 1. The van der Waals surface area contributed by atoms with Crippen molar-refractivity contribution in [2.45, 2.75) is 24.2 Å². The van der Waals surface area contributed by atoms with Crippen LogP contribution in [0.1, 0.15) is 40.0 Å². The summed E-state index contributed by atoms with van der Waals surface area (Å²) in [7, 11) is -3.55. The van der Waals surface area contributed by atoms with Gasteiger partial charge in [0.15, 0.2) is 12.4 Å². The maximum Gasteiger partial charge on any atom is 0.338 e. The van der Waals surface area contributed by atoms with Crippen molar-refractivity contribution >= 4 is 37.7 Å². The fraction of sp³-hybridized carbons (Fsp3) is 0.300. The van der Waals surface area contributed by atoms with Crippen LogP contribution in [0.25, 0.3) is 0 Å². The molecule has 0 atom stereocenters. The number of Topliss-reactive ketones (excluding diaryl/α,β-unsaturated/α-hetero) is 1. The predicted octanol–water partition coefficient (Wildman–Crippen LogP) is 3.66. The predicted molar refractivity (Wildman–Crippen MR) is 108 cm³/mol. The minimum absolute atomic E-state index is 0.149. The molecule has 28 heavy (non-hydrogen) atoms. The molecule has 1 saturated heterocycles. The molecule has 6 nitrogen and oxygen atoms in total. The van der Waals surface area contributed by atoms with E-state index in [0.29, 0.717) is 18.7 Å². The third kappa shape index (κ3) is 4.87. The van der Waals surface area contributed by atoms with E-state index in [1.807, 2.05) is 0 Å². The molecule has 0 aliphatic carbocycles. The summed E-state index contributed by atoms with van der Waals surface area (Å²) in [5.41, 5.74) is 0.629. The van der Waals surface area contributed by atoms with Gasteiger partial charge >= 0.3 is 5.97 Å². The molecule has 0 unspecified atom stereocenters. The molecule has 0 bridgehead atoms. The maximum atomic E-state index is 12.6. The van der Waals surface area contributed by atoms with E-state index in [1.165, 1.54) is 28.6 Å². The second kappa shape index (κ2) is 8.98. The van der Waals surface area contributed by atoms with Crippen LogP contribution in [0.3, 0.4) is 0 Å². The fourth-order valence-electron chi connectivity index (χ4n) is 2.98. The molecule has 1 heterocycles. The highest BCUT2D eigenvalue weighted by Crippen LogP contribution is 2.21. The first kappa shape index (κ1) is 20.7. The van der Waals surface area contributed by atoms with E-state index < -0.39 is 16.0 Å². The molecule has 1 aliphatic rings. The molecule has 1 fully saturated rings. The number of carbonyl (C=O) groups is 2. The molecule has 0 amide bonds. The van der Waals surface area contributed by atoms with Crippen LogP contribution < -0.4 is 0 Å². The monoisotopic (exact) mass is 465 g/mol. The molecule has 0 saturated carbocycles. The summed E-state index contributed by atoms with van der Waals surface area (Å²) < 4.78 is 32.6. The Morgan fingerprint density at radius 2 is 1.64 bits per heavy atom. The van der Waals surface area contributed by atoms with Gasteiger partial charge in [-0.1, -0.05) is 34.5 Å². The number of hydrogen-bond donors (Lipinski definition) is 0. The van der Waals surface area contributed by atoms with Crippen molar-refractivity contribution < 1.29 is 22.7 Å². The number of ketones is 1. The van der Waals surface area contributed by atoms with Crippen molar-refractivity contribution in [1.29, 1.82) is 0 Å². The SMILES string of the molecule is O=C(COC(=O)c1ccc(S(=O)(=O)N2CCCCC2)cc1)c1cccc(Br)c1. The Hall–Kier alpha value is -2.03. The molecule has 0 spiro atoms. The van der Waals surface area contributed by atoms with Crippen LogP contribution in [0, 0.1) is 0 Å². The number of esters is 1. The molecule has 0 N–H and O–H groups in total. The summed E-state index contributed by atoms with van der Waals surface area (Å²) in [6.07, 6.45) is 2.75. The van der Waals surface area contributed by atoms with Gasteiger partial charge < -0.3 is 4.74 Å². The van der Waals surface area contributed by atoms with E-state index in [9.17, 15) is 18.0 Å². The van der Waals surface area contributed by atoms with Gasteiger partial charge in [-0.25, -0.2) is 13.2 Å². The normalized spacial score (nSPS) is 15.2. The molecule has 2 aromatic carbocycles. The van der Waals surface area contributed by atoms with Gasteiger partial charge in [-0.3, -0.25) is 4.79 Å². The number of benzene rings is 2. The molecule has 0 radical (unpaired) electrons. The summed E-state index contributed by atoms with van der Waals surface area (Å²) in [5.74, 6) is -0.996. The first-order valence-corrected chi connectivity index (χ1v) is 11.2.